The van der Waals surface area contributed by atoms with Gasteiger partial charge in [-0.15, -0.1) is 0 Å². The van der Waals surface area contributed by atoms with E-state index in [0.29, 0.717) is 5.69 Å². The van der Waals surface area contributed by atoms with Crippen molar-refractivity contribution < 1.29 is 13.2 Å². The maximum atomic E-state index is 13.3. The molecule has 0 aliphatic carbocycles. The summed E-state index contributed by atoms with van der Waals surface area (Å²) in [7, 11) is 1.81. The highest BCUT2D eigenvalue weighted by Crippen LogP contribution is 2.34. The molecule has 1 aromatic carbocycles. The summed E-state index contributed by atoms with van der Waals surface area (Å²) in [5.74, 6) is 0. The Balaban J connectivity index is 3.09. The Morgan fingerprint density at radius 1 is 1.14 bits per heavy atom. The molecule has 0 unspecified atom stereocenters. The van der Waals surface area contributed by atoms with E-state index in [4.69, 9.17) is 0 Å². The maximum absolute atomic E-state index is 13.3. The van der Waals surface area contributed by atoms with Crippen LogP contribution in [-0.2, 0) is 12.7 Å². The third-order valence-electron chi connectivity index (χ3n) is 3.21. The van der Waals surface area contributed by atoms with Gasteiger partial charge in [0.1, 0.15) is 0 Å². The van der Waals surface area contributed by atoms with Gasteiger partial charge < -0.3 is 10.2 Å². The molecular formula is C16H25F3N2. The monoisotopic (exact) mass is 302 g/mol. The van der Waals surface area contributed by atoms with Crippen LogP contribution in [0.15, 0.2) is 18.2 Å². The van der Waals surface area contributed by atoms with Gasteiger partial charge in [0.05, 0.1) is 5.56 Å². The van der Waals surface area contributed by atoms with Crippen molar-refractivity contribution >= 4 is 5.69 Å². The molecule has 0 atom stereocenters. The van der Waals surface area contributed by atoms with E-state index in [1.165, 1.54) is 6.07 Å². The topological polar surface area (TPSA) is 15.3 Å². The van der Waals surface area contributed by atoms with Crippen LogP contribution in [0.25, 0.3) is 0 Å². The van der Waals surface area contributed by atoms with Crippen LogP contribution in [0, 0.1) is 0 Å². The van der Waals surface area contributed by atoms with Crippen molar-refractivity contribution in [3.8, 4) is 0 Å². The first-order chi connectivity index (χ1) is 9.54. The molecule has 0 radical (unpaired) electrons. The predicted octanol–water partition coefficient (Wildman–Crippen LogP) is 4.44. The molecule has 2 nitrogen and oxygen atoms in total. The van der Waals surface area contributed by atoms with E-state index in [-0.39, 0.29) is 17.6 Å². The Labute approximate surface area is 125 Å². The zero-order valence-electron chi connectivity index (χ0n) is 13.4. The maximum Gasteiger partial charge on any atom is 0.416 e. The molecule has 0 spiro atoms. The highest BCUT2D eigenvalue weighted by Gasteiger charge is 2.34. The van der Waals surface area contributed by atoms with Crippen LogP contribution in [0.3, 0.4) is 0 Å². The summed E-state index contributed by atoms with van der Waals surface area (Å²) in [5, 5.41) is 3.11. The summed E-state index contributed by atoms with van der Waals surface area (Å²) in [4.78, 5) is 1.84. The highest BCUT2D eigenvalue weighted by molar-refractivity contribution is 5.51. The van der Waals surface area contributed by atoms with Crippen molar-refractivity contribution in [1.82, 2.24) is 5.32 Å². The van der Waals surface area contributed by atoms with E-state index < -0.39 is 11.7 Å². The average molecular weight is 302 g/mol. The van der Waals surface area contributed by atoms with Crippen molar-refractivity contribution in [1.29, 1.82) is 0 Å². The molecular weight excluding hydrogens is 277 g/mol. The van der Waals surface area contributed by atoms with E-state index in [1.54, 1.807) is 12.1 Å². The zero-order chi connectivity index (χ0) is 16.3. The Hall–Kier alpha value is -1.23. The molecule has 1 N–H and O–H groups in total. The van der Waals surface area contributed by atoms with Gasteiger partial charge in [-0.25, -0.2) is 0 Å². The number of rotatable bonds is 5. The molecule has 0 saturated heterocycles. The Kier molecular flexibility index (Phi) is 5.68. The molecule has 0 saturated carbocycles. The van der Waals surface area contributed by atoms with Gasteiger partial charge in [0.2, 0.25) is 0 Å². The quantitative estimate of drug-likeness (QED) is 0.865. The van der Waals surface area contributed by atoms with E-state index in [2.05, 4.69) is 5.32 Å². The second-order valence-electron chi connectivity index (χ2n) is 6.36. The van der Waals surface area contributed by atoms with Gasteiger partial charge in [0.15, 0.2) is 0 Å². The van der Waals surface area contributed by atoms with Crippen molar-refractivity contribution in [2.75, 3.05) is 18.5 Å². The van der Waals surface area contributed by atoms with Gasteiger partial charge in [-0.05, 0) is 44.9 Å². The lowest BCUT2D eigenvalue weighted by molar-refractivity contribution is -0.138. The van der Waals surface area contributed by atoms with Crippen LogP contribution in [-0.4, -0.2) is 19.1 Å². The number of hydrogen-bond donors (Lipinski definition) is 1. The van der Waals surface area contributed by atoms with E-state index in [1.807, 2.05) is 39.6 Å². The fraction of sp³-hybridized carbons (Fsp3) is 0.625. The van der Waals surface area contributed by atoms with Gasteiger partial charge in [-0.2, -0.15) is 13.2 Å². The standard InChI is InChI=1S/C16H25F3N2/c1-6-9-21(5)13-8-7-12(11-20-15(2,3)4)14(10-13)16(17,18)19/h7-8,10,20H,6,9,11H2,1-5H3. The van der Waals surface area contributed by atoms with Crippen LogP contribution in [0.1, 0.15) is 45.2 Å². The Bertz CT molecular complexity index is 462. The summed E-state index contributed by atoms with van der Waals surface area (Å²) in [6.45, 7) is 8.74. The van der Waals surface area contributed by atoms with E-state index >= 15 is 0 Å². The SMILES string of the molecule is CCCN(C)c1ccc(CNC(C)(C)C)c(C(F)(F)F)c1. The number of alkyl halides is 3. The van der Waals surface area contributed by atoms with Crippen LogP contribution < -0.4 is 10.2 Å². The first kappa shape index (κ1) is 17.8. The fourth-order valence-electron chi connectivity index (χ4n) is 2.04. The number of anilines is 1. The minimum atomic E-state index is -4.34. The van der Waals surface area contributed by atoms with Gasteiger partial charge in [-0.3, -0.25) is 0 Å². The molecule has 1 rings (SSSR count). The summed E-state index contributed by atoms with van der Waals surface area (Å²) >= 11 is 0. The molecule has 0 aliphatic rings. The molecule has 5 heteroatoms. The molecule has 0 heterocycles. The number of nitrogens with one attached hydrogen (secondary N) is 1. The summed E-state index contributed by atoms with van der Waals surface area (Å²) in [5.41, 5.74) is 0.107. The number of halogens is 3. The zero-order valence-corrected chi connectivity index (χ0v) is 13.4. The van der Waals surface area contributed by atoms with E-state index in [9.17, 15) is 13.2 Å². The summed E-state index contributed by atoms with van der Waals surface area (Å²) < 4.78 is 39.8. The second-order valence-corrected chi connectivity index (χ2v) is 6.36. The summed E-state index contributed by atoms with van der Waals surface area (Å²) in [6.07, 6.45) is -3.44. The fourth-order valence-corrected chi connectivity index (χ4v) is 2.04. The van der Waals surface area contributed by atoms with Gasteiger partial charge in [0, 0.05) is 31.4 Å². The largest absolute Gasteiger partial charge is 0.416 e. The number of nitrogens with zero attached hydrogens (tertiary/aromatic N) is 1. The molecule has 0 aliphatic heterocycles. The molecule has 21 heavy (non-hydrogen) atoms. The third-order valence-corrected chi connectivity index (χ3v) is 3.21. The second kappa shape index (κ2) is 6.69. The van der Waals surface area contributed by atoms with Crippen LogP contribution >= 0.6 is 0 Å². The van der Waals surface area contributed by atoms with E-state index in [0.717, 1.165) is 13.0 Å². The average Bonchev–Trinajstić information content (AvgIpc) is 2.34. The van der Waals surface area contributed by atoms with Crippen molar-refractivity contribution in [2.45, 2.75) is 52.4 Å². The number of hydrogen-bond acceptors (Lipinski definition) is 2. The first-order valence-electron chi connectivity index (χ1n) is 7.21. The van der Waals surface area contributed by atoms with Crippen LogP contribution in [0.4, 0.5) is 18.9 Å². The lowest BCUT2D eigenvalue weighted by Crippen LogP contribution is -2.35. The summed E-state index contributed by atoms with van der Waals surface area (Å²) in [6, 6.07) is 4.57. The lowest BCUT2D eigenvalue weighted by atomic mass is 10.0. The first-order valence-corrected chi connectivity index (χ1v) is 7.21. The minimum absolute atomic E-state index is 0.204. The predicted molar refractivity (Wildman–Crippen MR) is 81.6 cm³/mol. The number of benzene rings is 1. The van der Waals surface area contributed by atoms with Crippen molar-refractivity contribution in [3.05, 3.63) is 29.3 Å². The highest BCUT2D eigenvalue weighted by atomic mass is 19.4. The smallest absolute Gasteiger partial charge is 0.375 e. The molecule has 0 bridgehead atoms. The van der Waals surface area contributed by atoms with Gasteiger partial charge in [0.25, 0.3) is 0 Å². The van der Waals surface area contributed by atoms with Gasteiger partial charge >= 0.3 is 6.18 Å². The van der Waals surface area contributed by atoms with Crippen molar-refractivity contribution in [3.63, 3.8) is 0 Å². The third kappa shape index (κ3) is 5.58. The molecule has 120 valence electrons. The van der Waals surface area contributed by atoms with Crippen molar-refractivity contribution in [2.24, 2.45) is 0 Å². The van der Waals surface area contributed by atoms with Gasteiger partial charge in [-0.1, -0.05) is 13.0 Å². The molecule has 0 aromatic heterocycles. The molecule has 0 fully saturated rings. The Morgan fingerprint density at radius 3 is 2.24 bits per heavy atom. The lowest BCUT2D eigenvalue weighted by Gasteiger charge is -2.24. The minimum Gasteiger partial charge on any atom is -0.375 e. The Morgan fingerprint density at radius 2 is 1.76 bits per heavy atom. The normalized spacial score (nSPS) is 12.6. The molecule has 1 aromatic rings. The van der Waals surface area contributed by atoms with Crippen LogP contribution in [0.5, 0.6) is 0 Å². The van der Waals surface area contributed by atoms with Crippen LogP contribution in [0.2, 0.25) is 0 Å². The molecule has 0 amide bonds.